The lowest BCUT2D eigenvalue weighted by atomic mass is 10.2. The van der Waals surface area contributed by atoms with Gasteiger partial charge in [0, 0.05) is 18.5 Å². The Kier molecular flexibility index (Phi) is 3.30. The van der Waals surface area contributed by atoms with Gasteiger partial charge in [0.05, 0.1) is 23.1 Å². The topological polar surface area (TPSA) is 104 Å². The zero-order chi connectivity index (χ0) is 14.7. The van der Waals surface area contributed by atoms with E-state index in [2.05, 4.69) is 25.5 Å². The molecule has 0 aromatic carbocycles. The van der Waals surface area contributed by atoms with Crippen molar-refractivity contribution >= 4 is 11.6 Å². The Hall–Kier alpha value is -3.22. The molecule has 0 saturated carbocycles. The SMILES string of the molecule is O=C(Nc1cn[nH]c1-c1ccccn1)c1ccc(=O)[nH]c1. The van der Waals surface area contributed by atoms with E-state index in [9.17, 15) is 9.59 Å². The van der Waals surface area contributed by atoms with Crippen LogP contribution in [0, 0.1) is 0 Å². The predicted octanol–water partition coefficient (Wildman–Crippen LogP) is 1.41. The Morgan fingerprint density at radius 1 is 1.19 bits per heavy atom. The van der Waals surface area contributed by atoms with Crippen molar-refractivity contribution in [2.75, 3.05) is 5.32 Å². The molecule has 21 heavy (non-hydrogen) atoms. The van der Waals surface area contributed by atoms with Crippen LogP contribution in [-0.4, -0.2) is 26.1 Å². The summed E-state index contributed by atoms with van der Waals surface area (Å²) < 4.78 is 0. The Morgan fingerprint density at radius 3 is 2.81 bits per heavy atom. The summed E-state index contributed by atoms with van der Waals surface area (Å²) in [5.74, 6) is -0.343. The average molecular weight is 281 g/mol. The van der Waals surface area contributed by atoms with Crippen molar-refractivity contribution in [2.24, 2.45) is 0 Å². The summed E-state index contributed by atoms with van der Waals surface area (Å²) in [6, 6.07) is 8.21. The van der Waals surface area contributed by atoms with E-state index in [4.69, 9.17) is 0 Å². The Bertz CT molecular complexity index is 802. The van der Waals surface area contributed by atoms with Gasteiger partial charge in [0.1, 0.15) is 5.69 Å². The first kappa shape index (κ1) is 12.8. The van der Waals surface area contributed by atoms with Crippen LogP contribution >= 0.6 is 0 Å². The van der Waals surface area contributed by atoms with E-state index in [1.54, 1.807) is 12.3 Å². The minimum absolute atomic E-state index is 0.260. The standard InChI is InChI=1S/C14H11N5O2/c20-12-5-4-9(7-16-12)14(21)18-11-8-17-19-13(11)10-3-1-2-6-15-10/h1-8H,(H,16,20)(H,17,19)(H,18,21). The minimum atomic E-state index is -0.343. The summed E-state index contributed by atoms with van der Waals surface area (Å²) >= 11 is 0. The lowest BCUT2D eigenvalue weighted by molar-refractivity contribution is 0.102. The van der Waals surface area contributed by atoms with Crippen LogP contribution in [0.5, 0.6) is 0 Å². The number of nitrogens with zero attached hydrogens (tertiary/aromatic N) is 2. The van der Waals surface area contributed by atoms with Crippen LogP contribution in [0.4, 0.5) is 5.69 Å². The van der Waals surface area contributed by atoms with Gasteiger partial charge >= 0.3 is 0 Å². The van der Waals surface area contributed by atoms with E-state index in [1.165, 1.54) is 24.5 Å². The van der Waals surface area contributed by atoms with Crippen LogP contribution in [0.15, 0.2) is 53.7 Å². The molecular formula is C14H11N5O2. The van der Waals surface area contributed by atoms with Gasteiger partial charge in [-0.1, -0.05) is 6.07 Å². The maximum Gasteiger partial charge on any atom is 0.257 e. The summed E-state index contributed by atoms with van der Waals surface area (Å²) in [4.78, 5) is 29.8. The monoisotopic (exact) mass is 281 g/mol. The molecule has 0 bridgehead atoms. The fourth-order valence-corrected chi connectivity index (χ4v) is 1.83. The molecule has 0 fully saturated rings. The highest BCUT2D eigenvalue weighted by Crippen LogP contribution is 2.23. The Labute approximate surface area is 119 Å². The third-order valence-corrected chi connectivity index (χ3v) is 2.85. The van der Waals surface area contributed by atoms with E-state index in [0.29, 0.717) is 22.6 Å². The molecule has 1 amide bonds. The summed E-state index contributed by atoms with van der Waals surface area (Å²) in [7, 11) is 0. The third kappa shape index (κ3) is 2.71. The molecule has 0 aliphatic carbocycles. The van der Waals surface area contributed by atoms with Crippen molar-refractivity contribution in [3.8, 4) is 11.4 Å². The van der Waals surface area contributed by atoms with Gasteiger partial charge in [-0.15, -0.1) is 0 Å². The Balaban J connectivity index is 1.86. The number of pyridine rings is 2. The van der Waals surface area contributed by atoms with Crippen molar-refractivity contribution in [1.82, 2.24) is 20.2 Å². The number of hydrogen-bond acceptors (Lipinski definition) is 4. The molecule has 3 N–H and O–H groups in total. The molecule has 0 aliphatic heterocycles. The zero-order valence-electron chi connectivity index (χ0n) is 10.8. The smallest absolute Gasteiger partial charge is 0.257 e. The highest BCUT2D eigenvalue weighted by atomic mass is 16.1. The highest BCUT2D eigenvalue weighted by molar-refractivity contribution is 6.05. The van der Waals surface area contributed by atoms with Gasteiger partial charge in [0.2, 0.25) is 5.56 Å². The summed E-state index contributed by atoms with van der Waals surface area (Å²) in [5.41, 5.74) is 1.90. The number of aromatic nitrogens is 4. The van der Waals surface area contributed by atoms with Gasteiger partial charge in [-0.25, -0.2) is 0 Å². The summed E-state index contributed by atoms with van der Waals surface area (Å²) in [6.45, 7) is 0. The predicted molar refractivity (Wildman–Crippen MR) is 76.8 cm³/mol. The number of hydrogen-bond donors (Lipinski definition) is 3. The van der Waals surface area contributed by atoms with E-state index in [0.717, 1.165) is 0 Å². The molecule has 3 heterocycles. The van der Waals surface area contributed by atoms with Gasteiger partial charge in [-0.05, 0) is 18.2 Å². The maximum atomic E-state index is 12.1. The second-order valence-corrected chi connectivity index (χ2v) is 4.27. The number of nitrogens with one attached hydrogen (secondary N) is 3. The van der Waals surface area contributed by atoms with E-state index >= 15 is 0 Å². The van der Waals surface area contributed by atoms with Crippen molar-refractivity contribution in [1.29, 1.82) is 0 Å². The number of amides is 1. The van der Waals surface area contributed by atoms with Gasteiger partial charge in [-0.2, -0.15) is 5.10 Å². The molecule has 104 valence electrons. The van der Waals surface area contributed by atoms with Crippen LogP contribution in [0.1, 0.15) is 10.4 Å². The molecule has 0 radical (unpaired) electrons. The molecule has 7 nitrogen and oxygen atoms in total. The van der Waals surface area contributed by atoms with Crippen molar-refractivity contribution in [2.45, 2.75) is 0 Å². The first-order valence-corrected chi connectivity index (χ1v) is 6.19. The molecule has 0 spiro atoms. The van der Waals surface area contributed by atoms with Gasteiger partial charge in [0.15, 0.2) is 0 Å². The van der Waals surface area contributed by atoms with Crippen molar-refractivity contribution < 1.29 is 4.79 Å². The zero-order valence-corrected chi connectivity index (χ0v) is 10.8. The third-order valence-electron chi connectivity index (χ3n) is 2.85. The second kappa shape index (κ2) is 5.41. The molecule has 3 aromatic rings. The van der Waals surface area contributed by atoms with Gasteiger partial charge < -0.3 is 10.3 Å². The molecular weight excluding hydrogens is 270 g/mol. The number of H-pyrrole nitrogens is 2. The van der Waals surface area contributed by atoms with Crippen LogP contribution in [0.2, 0.25) is 0 Å². The number of carbonyl (C=O) groups is 1. The summed E-state index contributed by atoms with van der Waals surface area (Å²) in [6.07, 6.45) is 4.52. The molecule has 0 saturated heterocycles. The maximum absolute atomic E-state index is 12.1. The van der Waals surface area contributed by atoms with Crippen LogP contribution in [-0.2, 0) is 0 Å². The lowest BCUT2D eigenvalue weighted by Crippen LogP contribution is -2.14. The van der Waals surface area contributed by atoms with Crippen LogP contribution in [0.25, 0.3) is 11.4 Å². The molecule has 0 atom stereocenters. The molecule has 7 heteroatoms. The largest absolute Gasteiger partial charge is 0.328 e. The normalized spacial score (nSPS) is 10.3. The fourth-order valence-electron chi connectivity index (χ4n) is 1.83. The quantitative estimate of drug-likeness (QED) is 0.675. The average Bonchev–Trinajstić information content (AvgIpc) is 2.97. The van der Waals surface area contributed by atoms with Crippen LogP contribution in [0.3, 0.4) is 0 Å². The van der Waals surface area contributed by atoms with E-state index in [-0.39, 0.29) is 11.5 Å². The number of carbonyl (C=O) groups excluding carboxylic acids is 1. The fraction of sp³-hybridized carbons (Fsp3) is 0. The van der Waals surface area contributed by atoms with Gasteiger partial charge in [-0.3, -0.25) is 19.7 Å². The molecule has 3 aromatic heterocycles. The Morgan fingerprint density at radius 2 is 2.10 bits per heavy atom. The molecule has 3 rings (SSSR count). The second-order valence-electron chi connectivity index (χ2n) is 4.27. The van der Waals surface area contributed by atoms with E-state index in [1.807, 2.05) is 12.1 Å². The van der Waals surface area contributed by atoms with Crippen LogP contribution < -0.4 is 10.9 Å². The van der Waals surface area contributed by atoms with E-state index < -0.39 is 0 Å². The summed E-state index contributed by atoms with van der Waals surface area (Å²) in [5, 5.41) is 9.45. The number of anilines is 1. The molecule has 0 unspecified atom stereocenters. The van der Waals surface area contributed by atoms with Crippen molar-refractivity contribution in [3.63, 3.8) is 0 Å². The highest BCUT2D eigenvalue weighted by Gasteiger charge is 2.12. The lowest BCUT2D eigenvalue weighted by Gasteiger charge is -2.05. The first-order valence-electron chi connectivity index (χ1n) is 6.19. The minimum Gasteiger partial charge on any atom is -0.328 e. The number of rotatable bonds is 3. The first-order chi connectivity index (χ1) is 10.2. The van der Waals surface area contributed by atoms with Crippen molar-refractivity contribution in [3.05, 3.63) is 64.8 Å². The van der Waals surface area contributed by atoms with Gasteiger partial charge in [0.25, 0.3) is 5.91 Å². The molecule has 0 aliphatic rings. The number of aromatic amines is 2.